The molecule has 1 N–H and O–H groups in total. The fourth-order valence-corrected chi connectivity index (χ4v) is 2.93. The van der Waals surface area contributed by atoms with Crippen LogP contribution in [0, 0.1) is 17.2 Å². The molecule has 0 radical (unpaired) electrons. The van der Waals surface area contributed by atoms with Crippen molar-refractivity contribution in [3.8, 4) is 6.07 Å². The van der Waals surface area contributed by atoms with Crippen molar-refractivity contribution in [1.29, 1.82) is 5.26 Å². The fraction of sp³-hybridized carbons (Fsp3) is 0.923. The van der Waals surface area contributed by atoms with Crippen molar-refractivity contribution in [1.82, 2.24) is 5.32 Å². The normalized spacial score (nSPS) is 34.9. The second-order valence-corrected chi connectivity index (χ2v) is 5.54. The Kier molecular flexibility index (Phi) is 3.31. The first-order valence-electron chi connectivity index (χ1n) is 6.41. The lowest BCUT2D eigenvalue weighted by atomic mass is 9.77. The van der Waals surface area contributed by atoms with Gasteiger partial charge in [0.05, 0.1) is 12.0 Å². The summed E-state index contributed by atoms with van der Waals surface area (Å²) in [5.41, 5.74) is 0.351. The second-order valence-electron chi connectivity index (χ2n) is 5.54. The van der Waals surface area contributed by atoms with Gasteiger partial charge in [0.1, 0.15) is 0 Å². The Labute approximate surface area is 93.0 Å². The molecule has 2 aliphatic rings. The van der Waals surface area contributed by atoms with Gasteiger partial charge in [0, 0.05) is 11.6 Å². The van der Waals surface area contributed by atoms with Crippen molar-refractivity contribution >= 4 is 0 Å². The van der Waals surface area contributed by atoms with Crippen molar-refractivity contribution in [2.45, 2.75) is 69.9 Å². The lowest BCUT2D eigenvalue weighted by Crippen LogP contribution is -2.54. The summed E-state index contributed by atoms with van der Waals surface area (Å²) in [6.07, 6.45) is 10.1. The van der Waals surface area contributed by atoms with E-state index in [1.165, 1.54) is 44.9 Å². The van der Waals surface area contributed by atoms with Gasteiger partial charge >= 0.3 is 0 Å². The van der Waals surface area contributed by atoms with E-state index in [-0.39, 0.29) is 5.92 Å². The van der Waals surface area contributed by atoms with Crippen molar-refractivity contribution in [3.63, 3.8) is 0 Å². The van der Waals surface area contributed by atoms with Gasteiger partial charge in [0.2, 0.25) is 0 Å². The van der Waals surface area contributed by atoms with Gasteiger partial charge in [-0.1, -0.05) is 19.3 Å². The van der Waals surface area contributed by atoms with Gasteiger partial charge < -0.3 is 5.32 Å². The number of nitriles is 1. The summed E-state index contributed by atoms with van der Waals surface area (Å²) in [7, 11) is 0. The molecule has 0 saturated heterocycles. The zero-order chi connectivity index (χ0) is 10.7. The first kappa shape index (κ1) is 11.0. The highest BCUT2D eigenvalue weighted by molar-refractivity contribution is 5.00. The molecule has 0 spiro atoms. The maximum Gasteiger partial charge on any atom is 0.0672 e. The van der Waals surface area contributed by atoms with Gasteiger partial charge in [-0.2, -0.15) is 5.26 Å². The van der Waals surface area contributed by atoms with Crippen LogP contribution in [0.5, 0.6) is 0 Å². The van der Waals surface area contributed by atoms with Crippen LogP contribution in [0.3, 0.4) is 0 Å². The third kappa shape index (κ3) is 2.52. The zero-order valence-corrected chi connectivity index (χ0v) is 9.76. The quantitative estimate of drug-likeness (QED) is 0.705. The molecule has 15 heavy (non-hydrogen) atoms. The van der Waals surface area contributed by atoms with Crippen LogP contribution >= 0.6 is 0 Å². The Hall–Kier alpha value is -0.550. The number of rotatable bonds is 2. The summed E-state index contributed by atoms with van der Waals surface area (Å²) in [4.78, 5) is 0. The van der Waals surface area contributed by atoms with Crippen molar-refractivity contribution in [2.75, 3.05) is 0 Å². The van der Waals surface area contributed by atoms with Gasteiger partial charge in [0.15, 0.2) is 0 Å². The molecule has 2 heteroatoms. The van der Waals surface area contributed by atoms with Crippen LogP contribution in [0.25, 0.3) is 0 Å². The molecule has 0 bridgehead atoms. The van der Waals surface area contributed by atoms with Gasteiger partial charge in [-0.25, -0.2) is 0 Å². The molecule has 2 unspecified atom stereocenters. The van der Waals surface area contributed by atoms with Crippen LogP contribution in [-0.2, 0) is 0 Å². The first-order valence-corrected chi connectivity index (χ1v) is 6.41. The molecule has 0 aromatic heterocycles. The smallest absolute Gasteiger partial charge is 0.0672 e. The Morgan fingerprint density at radius 3 is 2.47 bits per heavy atom. The molecule has 2 saturated carbocycles. The Balaban J connectivity index is 1.95. The lowest BCUT2D eigenvalue weighted by Gasteiger charge is -2.43. The maximum atomic E-state index is 9.18. The molecule has 2 nitrogen and oxygen atoms in total. The average Bonchev–Trinajstić information content (AvgIpc) is 2.40. The Morgan fingerprint density at radius 2 is 1.87 bits per heavy atom. The third-order valence-electron chi connectivity index (χ3n) is 4.17. The van der Waals surface area contributed by atoms with Gasteiger partial charge in [-0.3, -0.25) is 0 Å². The van der Waals surface area contributed by atoms with E-state index in [1.54, 1.807) is 0 Å². The Bertz CT molecular complexity index is 250. The number of nitrogens with zero attached hydrogens (tertiary/aromatic N) is 1. The summed E-state index contributed by atoms with van der Waals surface area (Å²) in [5, 5.41) is 12.9. The molecule has 0 aliphatic heterocycles. The molecular weight excluding hydrogens is 184 g/mol. The summed E-state index contributed by atoms with van der Waals surface area (Å²) < 4.78 is 0. The SMILES string of the molecule is CC1(NC2CCCCCC2C#N)CCC1. The molecule has 0 aromatic rings. The molecule has 0 amide bonds. The molecule has 2 rings (SSSR count). The minimum atomic E-state index is 0.255. The zero-order valence-electron chi connectivity index (χ0n) is 9.76. The average molecular weight is 206 g/mol. The van der Waals surface area contributed by atoms with Gasteiger partial charge in [0.25, 0.3) is 0 Å². The highest BCUT2D eigenvalue weighted by Gasteiger charge is 2.36. The third-order valence-corrected chi connectivity index (χ3v) is 4.17. The first-order chi connectivity index (χ1) is 7.23. The highest BCUT2D eigenvalue weighted by Crippen LogP contribution is 2.34. The van der Waals surface area contributed by atoms with Crippen LogP contribution in [0.2, 0.25) is 0 Å². The van der Waals surface area contributed by atoms with Crippen LogP contribution < -0.4 is 5.32 Å². The maximum absolute atomic E-state index is 9.18. The van der Waals surface area contributed by atoms with E-state index >= 15 is 0 Å². The largest absolute Gasteiger partial charge is 0.307 e. The molecule has 0 heterocycles. The van der Waals surface area contributed by atoms with Crippen LogP contribution in [0.1, 0.15) is 58.3 Å². The summed E-state index contributed by atoms with van der Waals surface area (Å²) >= 11 is 0. The monoisotopic (exact) mass is 206 g/mol. The Morgan fingerprint density at radius 1 is 1.13 bits per heavy atom. The molecule has 2 atom stereocenters. The molecule has 0 aromatic carbocycles. The minimum Gasteiger partial charge on any atom is -0.307 e. The summed E-state index contributed by atoms with van der Waals surface area (Å²) in [5.74, 6) is 0.255. The lowest BCUT2D eigenvalue weighted by molar-refractivity contribution is 0.167. The minimum absolute atomic E-state index is 0.255. The van der Waals surface area contributed by atoms with Gasteiger partial charge in [-0.05, 0) is 39.0 Å². The predicted octanol–water partition coefficient (Wildman–Crippen LogP) is 2.99. The second kappa shape index (κ2) is 4.53. The van der Waals surface area contributed by atoms with Gasteiger partial charge in [-0.15, -0.1) is 0 Å². The van der Waals surface area contributed by atoms with Crippen LogP contribution in [0.15, 0.2) is 0 Å². The van der Waals surface area contributed by atoms with E-state index in [0.29, 0.717) is 11.6 Å². The van der Waals surface area contributed by atoms with E-state index in [9.17, 15) is 5.26 Å². The molecule has 84 valence electrons. The summed E-state index contributed by atoms with van der Waals surface area (Å²) in [6, 6.07) is 2.96. The molecule has 2 fully saturated rings. The fourth-order valence-electron chi connectivity index (χ4n) is 2.93. The summed E-state index contributed by atoms with van der Waals surface area (Å²) in [6.45, 7) is 2.32. The topological polar surface area (TPSA) is 35.8 Å². The van der Waals surface area contributed by atoms with Crippen LogP contribution in [0.4, 0.5) is 0 Å². The van der Waals surface area contributed by atoms with Crippen molar-refractivity contribution in [2.24, 2.45) is 5.92 Å². The molecular formula is C13H22N2. The predicted molar refractivity (Wildman–Crippen MR) is 61.4 cm³/mol. The van der Waals surface area contributed by atoms with E-state index in [4.69, 9.17) is 0 Å². The standard InChI is InChI=1S/C13H22N2/c1-13(8-5-9-13)15-12-7-4-2-3-6-11(12)10-14/h11-12,15H,2-9H2,1H3. The van der Waals surface area contributed by atoms with E-state index < -0.39 is 0 Å². The van der Waals surface area contributed by atoms with Crippen molar-refractivity contribution in [3.05, 3.63) is 0 Å². The van der Waals surface area contributed by atoms with Crippen molar-refractivity contribution < 1.29 is 0 Å². The number of nitrogens with one attached hydrogen (secondary N) is 1. The number of hydrogen-bond acceptors (Lipinski definition) is 2. The van der Waals surface area contributed by atoms with E-state index in [2.05, 4.69) is 18.3 Å². The highest BCUT2D eigenvalue weighted by atomic mass is 15.0. The van der Waals surface area contributed by atoms with Crippen LogP contribution in [-0.4, -0.2) is 11.6 Å². The van der Waals surface area contributed by atoms with E-state index in [0.717, 1.165) is 6.42 Å². The molecule has 2 aliphatic carbocycles. The van der Waals surface area contributed by atoms with E-state index in [1.807, 2.05) is 0 Å². The number of hydrogen-bond donors (Lipinski definition) is 1.